The summed E-state index contributed by atoms with van der Waals surface area (Å²) >= 11 is 3.36. The predicted octanol–water partition coefficient (Wildman–Crippen LogP) is 3.94. The summed E-state index contributed by atoms with van der Waals surface area (Å²) in [6.07, 6.45) is 1.53. The highest BCUT2D eigenvalue weighted by atomic mass is 79.9. The van der Waals surface area contributed by atoms with E-state index in [1.807, 2.05) is 24.3 Å². The molecule has 0 unspecified atom stereocenters. The first kappa shape index (κ1) is 20.2. The van der Waals surface area contributed by atoms with E-state index in [4.69, 9.17) is 0 Å². The van der Waals surface area contributed by atoms with Crippen LogP contribution in [-0.2, 0) is 16.4 Å². The maximum absolute atomic E-state index is 12.6. The number of sulfone groups is 1. The van der Waals surface area contributed by atoms with Gasteiger partial charge in [-0.2, -0.15) is 13.9 Å². The first-order chi connectivity index (χ1) is 13.3. The number of amides is 1. The monoisotopic (exact) mass is 469 g/mol. The van der Waals surface area contributed by atoms with Crippen molar-refractivity contribution in [1.82, 2.24) is 9.78 Å². The van der Waals surface area contributed by atoms with Gasteiger partial charge in [0.05, 0.1) is 17.6 Å². The minimum absolute atomic E-state index is 0.129. The number of aromatic nitrogens is 2. The van der Waals surface area contributed by atoms with Gasteiger partial charge in [-0.1, -0.05) is 28.1 Å². The van der Waals surface area contributed by atoms with E-state index in [9.17, 15) is 22.0 Å². The van der Waals surface area contributed by atoms with Crippen LogP contribution >= 0.6 is 15.9 Å². The molecule has 3 aromatic rings. The fraction of sp³-hybridized carbons (Fsp3) is 0.111. The van der Waals surface area contributed by atoms with Crippen LogP contribution in [0, 0.1) is 0 Å². The van der Waals surface area contributed by atoms with Gasteiger partial charge >= 0.3 is 5.76 Å². The smallest absolute Gasteiger partial charge is 0.307 e. The average Bonchev–Trinajstić information content (AvgIpc) is 3.10. The Labute approximate surface area is 168 Å². The van der Waals surface area contributed by atoms with Crippen LogP contribution in [0.3, 0.4) is 0 Å². The van der Waals surface area contributed by atoms with Gasteiger partial charge in [0.25, 0.3) is 5.91 Å². The van der Waals surface area contributed by atoms with E-state index in [1.165, 1.54) is 18.3 Å². The highest BCUT2D eigenvalue weighted by Gasteiger charge is 2.26. The summed E-state index contributed by atoms with van der Waals surface area (Å²) in [4.78, 5) is 11.9. The van der Waals surface area contributed by atoms with Gasteiger partial charge in [-0.15, -0.1) is 0 Å². The van der Waals surface area contributed by atoms with Gasteiger partial charge in [-0.3, -0.25) is 4.79 Å². The Morgan fingerprint density at radius 1 is 1.07 bits per heavy atom. The molecular weight excluding hydrogens is 456 g/mol. The zero-order valence-corrected chi connectivity index (χ0v) is 16.6. The summed E-state index contributed by atoms with van der Waals surface area (Å²) in [6.45, 7) is 0.432. The molecule has 1 amide bonds. The number of carbonyl (C=O) groups excluding carboxylic acids is 1. The first-order valence-corrected chi connectivity index (χ1v) is 10.3. The van der Waals surface area contributed by atoms with Crippen molar-refractivity contribution in [1.29, 1.82) is 0 Å². The molecule has 1 heterocycles. The number of alkyl halides is 2. The molecule has 6 nitrogen and oxygen atoms in total. The maximum atomic E-state index is 12.6. The number of rotatable bonds is 6. The lowest BCUT2D eigenvalue weighted by atomic mass is 10.2. The number of hydrogen-bond acceptors (Lipinski definition) is 4. The zero-order valence-electron chi connectivity index (χ0n) is 14.2. The second-order valence-electron chi connectivity index (χ2n) is 5.78. The third kappa shape index (κ3) is 4.45. The topological polar surface area (TPSA) is 81.1 Å². The molecule has 3 rings (SSSR count). The first-order valence-electron chi connectivity index (χ1n) is 7.97. The highest BCUT2D eigenvalue weighted by Crippen LogP contribution is 2.19. The molecule has 0 spiro atoms. The van der Waals surface area contributed by atoms with Crippen LogP contribution in [0.5, 0.6) is 0 Å². The molecule has 146 valence electrons. The summed E-state index contributed by atoms with van der Waals surface area (Å²) in [7, 11) is -4.70. The molecule has 0 aliphatic carbocycles. The molecule has 0 fully saturated rings. The van der Waals surface area contributed by atoms with Gasteiger partial charge in [0.1, 0.15) is 5.82 Å². The van der Waals surface area contributed by atoms with Gasteiger partial charge in [-0.25, -0.2) is 13.1 Å². The maximum Gasteiger partial charge on any atom is 0.341 e. The lowest BCUT2D eigenvalue weighted by molar-refractivity contribution is 0.102. The number of benzene rings is 2. The minimum atomic E-state index is -4.70. The molecule has 0 radical (unpaired) electrons. The summed E-state index contributed by atoms with van der Waals surface area (Å²) in [5, 5.41) is 6.85. The number of nitrogens with one attached hydrogen (secondary N) is 1. The number of nitrogens with zero attached hydrogens (tertiary/aromatic N) is 2. The van der Waals surface area contributed by atoms with Crippen LogP contribution in [0.2, 0.25) is 0 Å². The zero-order chi connectivity index (χ0) is 20.3. The molecule has 28 heavy (non-hydrogen) atoms. The van der Waals surface area contributed by atoms with Gasteiger partial charge in [0.2, 0.25) is 9.84 Å². The molecule has 0 atom stereocenters. The minimum Gasteiger partial charge on any atom is -0.307 e. The van der Waals surface area contributed by atoms with Gasteiger partial charge < -0.3 is 5.32 Å². The van der Waals surface area contributed by atoms with Crippen LogP contribution < -0.4 is 5.32 Å². The second-order valence-corrected chi connectivity index (χ2v) is 8.62. The second kappa shape index (κ2) is 8.19. The molecule has 2 aromatic carbocycles. The average molecular weight is 470 g/mol. The van der Waals surface area contributed by atoms with E-state index in [1.54, 1.807) is 10.7 Å². The molecule has 0 aliphatic rings. The number of carbonyl (C=O) groups is 1. The van der Waals surface area contributed by atoms with Gasteiger partial charge in [0, 0.05) is 16.1 Å². The number of anilines is 1. The van der Waals surface area contributed by atoms with Crippen LogP contribution in [0.15, 0.2) is 70.2 Å². The summed E-state index contributed by atoms with van der Waals surface area (Å²) < 4.78 is 50.6. The van der Waals surface area contributed by atoms with Crippen LogP contribution in [-0.4, -0.2) is 29.9 Å². The molecule has 1 aromatic heterocycles. The van der Waals surface area contributed by atoms with Gasteiger partial charge in [0.15, 0.2) is 0 Å². The van der Waals surface area contributed by atoms with Crippen LogP contribution in [0.4, 0.5) is 14.6 Å². The molecule has 0 saturated carbocycles. The summed E-state index contributed by atoms with van der Waals surface area (Å²) in [6, 6.07) is 13.6. The van der Waals surface area contributed by atoms with Crippen molar-refractivity contribution in [2.75, 3.05) is 5.32 Å². The third-order valence-electron chi connectivity index (χ3n) is 3.88. The third-order valence-corrected chi connectivity index (χ3v) is 5.81. The van der Waals surface area contributed by atoms with Crippen molar-refractivity contribution < 1.29 is 22.0 Å². The summed E-state index contributed by atoms with van der Waals surface area (Å²) in [5.41, 5.74) is 1.11. The van der Waals surface area contributed by atoms with E-state index in [-0.39, 0.29) is 5.56 Å². The lowest BCUT2D eigenvalue weighted by Crippen LogP contribution is -2.17. The molecule has 0 bridgehead atoms. The number of halogens is 3. The normalized spacial score (nSPS) is 11.6. The molecule has 0 aliphatic heterocycles. The van der Waals surface area contributed by atoms with Crippen LogP contribution in [0.1, 0.15) is 15.9 Å². The van der Waals surface area contributed by atoms with E-state index >= 15 is 0 Å². The molecule has 0 saturated heterocycles. The van der Waals surface area contributed by atoms with Crippen molar-refractivity contribution in [3.8, 4) is 0 Å². The van der Waals surface area contributed by atoms with E-state index in [2.05, 4.69) is 26.3 Å². The van der Waals surface area contributed by atoms with E-state index in [0.29, 0.717) is 12.4 Å². The fourth-order valence-electron chi connectivity index (χ4n) is 2.41. The lowest BCUT2D eigenvalue weighted by Gasteiger charge is -2.10. The van der Waals surface area contributed by atoms with E-state index < -0.39 is 26.4 Å². The Balaban J connectivity index is 1.74. The van der Waals surface area contributed by atoms with Crippen molar-refractivity contribution >= 4 is 37.5 Å². The number of hydrogen-bond donors (Lipinski definition) is 1. The van der Waals surface area contributed by atoms with Crippen molar-refractivity contribution in [2.24, 2.45) is 0 Å². The Morgan fingerprint density at radius 2 is 1.71 bits per heavy atom. The van der Waals surface area contributed by atoms with Crippen molar-refractivity contribution in [2.45, 2.75) is 17.2 Å². The van der Waals surface area contributed by atoms with E-state index in [0.717, 1.165) is 22.2 Å². The molecule has 10 heteroatoms. The Hall–Kier alpha value is -2.59. The molecular formula is C18H14BrF2N3O3S. The predicted molar refractivity (Wildman–Crippen MR) is 103 cm³/mol. The van der Waals surface area contributed by atoms with Gasteiger partial charge in [-0.05, 0) is 42.0 Å². The van der Waals surface area contributed by atoms with Crippen molar-refractivity contribution in [3.63, 3.8) is 0 Å². The van der Waals surface area contributed by atoms with Crippen LogP contribution in [0.25, 0.3) is 0 Å². The van der Waals surface area contributed by atoms with Crippen molar-refractivity contribution in [3.05, 3.63) is 76.4 Å². The Morgan fingerprint density at radius 3 is 2.32 bits per heavy atom. The highest BCUT2D eigenvalue weighted by molar-refractivity contribution is 9.10. The Kier molecular flexibility index (Phi) is 5.90. The largest absolute Gasteiger partial charge is 0.341 e. The standard InChI is InChI=1S/C18H14BrF2N3O3S/c19-14-5-1-12(2-6-14)11-24-16(9-10-22-24)23-17(25)13-3-7-15(8-4-13)28(26,27)18(20)21/h1-10,18H,11H2,(H,23,25). The SMILES string of the molecule is O=C(Nc1ccnn1Cc1ccc(Br)cc1)c1ccc(S(=O)(=O)C(F)F)cc1. The Bertz CT molecular complexity index is 1080. The molecule has 1 N–H and O–H groups in total. The summed E-state index contributed by atoms with van der Waals surface area (Å²) in [5.74, 6) is -3.59. The quantitative estimate of drug-likeness (QED) is 0.592. The fourth-order valence-corrected chi connectivity index (χ4v) is 3.40.